The molecule has 0 aliphatic carbocycles. The minimum absolute atomic E-state index is 0.384. The van der Waals surface area contributed by atoms with Gasteiger partial charge in [0.25, 0.3) is 11.8 Å². The van der Waals surface area contributed by atoms with Crippen molar-refractivity contribution in [3.05, 3.63) is 30.4 Å². The number of anilines is 3. The second-order valence-electron chi connectivity index (χ2n) is 3.20. The van der Waals surface area contributed by atoms with Crippen LogP contribution in [0.1, 0.15) is 13.8 Å². The van der Waals surface area contributed by atoms with Crippen molar-refractivity contribution in [2.45, 2.75) is 13.8 Å². The van der Waals surface area contributed by atoms with Crippen LogP contribution in [0.5, 0.6) is 0 Å². The molecule has 1 aromatic carbocycles. The molecule has 0 unspecified atom stereocenters. The Hall–Kier alpha value is -2.30. The summed E-state index contributed by atoms with van der Waals surface area (Å²) >= 11 is 0. The van der Waals surface area contributed by atoms with E-state index in [0.29, 0.717) is 17.1 Å². The highest BCUT2D eigenvalue weighted by Crippen LogP contribution is 2.24. The molecule has 1 heterocycles. The third kappa shape index (κ3) is 2.63. The van der Waals surface area contributed by atoms with Crippen LogP contribution in [0.2, 0.25) is 0 Å². The fourth-order valence-corrected chi connectivity index (χ4v) is 1.44. The van der Waals surface area contributed by atoms with Crippen molar-refractivity contribution in [1.82, 2.24) is 0 Å². The van der Waals surface area contributed by atoms with E-state index in [2.05, 4.69) is 0 Å². The summed E-state index contributed by atoms with van der Waals surface area (Å²) in [5.41, 5.74) is 12.4. The predicted octanol–water partition coefficient (Wildman–Crippen LogP) is 1.31. The molecule has 5 nitrogen and oxygen atoms in total. The van der Waals surface area contributed by atoms with Gasteiger partial charge in [0.15, 0.2) is 0 Å². The summed E-state index contributed by atoms with van der Waals surface area (Å²) in [6.07, 6.45) is 2.42. The molecule has 0 atom stereocenters. The van der Waals surface area contributed by atoms with E-state index in [0.717, 1.165) is 4.90 Å². The highest BCUT2D eigenvalue weighted by Gasteiger charge is 2.25. The predicted molar refractivity (Wildman–Crippen MR) is 68.2 cm³/mol. The number of carbonyl (C=O) groups is 2. The number of hydrogen-bond donors (Lipinski definition) is 2. The molecule has 90 valence electrons. The van der Waals surface area contributed by atoms with Gasteiger partial charge in [-0.05, 0) is 18.2 Å². The maximum Gasteiger partial charge on any atom is 0.258 e. The van der Waals surface area contributed by atoms with Crippen molar-refractivity contribution in [2.75, 3.05) is 16.4 Å². The van der Waals surface area contributed by atoms with Crippen LogP contribution >= 0.6 is 0 Å². The number of benzene rings is 1. The zero-order chi connectivity index (χ0) is 13.0. The van der Waals surface area contributed by atoms with Gasteiger partial charge in [0.05, 0.1) is 5.69 Å². The monoisotopic (exact) mass is 233 g/mol. The molecule has 1 aromatic rings. The van der Waals surface area contributed by atoms with E-state index < -0.39 is 0 Å². The van der Waals surface area contributed by atoms with Crippen LogP contribution in [-0.2, 0) is 9.59 Å². The van der Waals surface area contributed by atoms with E-state index in [-0.39, 0.29) is 11.8 Å². The lowest BCUT2D eigenvalue weighted by molar-refractivity contribution is -0.119. The highest BCUT2D eigenvalue weighted by molar-refractivity contribution is 6.28. The third-order valence-corrected chi connectivity index (χ3v) is 2.03. The summed E-state index contributed by atoms with van der Waals surface area (Å²) in [6, 6.07) is 4.61. The Labute approximate surface area is 99.7 Å². The van der Waals surface area contributed by atoms with Gasteiger partial charge in [0.2, 0.25) is 0 Å². The quantitative estimate of drug-likeness (QED) is 0.565. The zero-order valence-electron chi connectivity index (χ0n) is 9.81. The van der Waals surface area contributed by atoms with Gasteiger partial charge in [-0.1, -0.05) is 13.8 Å². The van der Waals surface area contributed by atoms with Crippen molar-refractivity contribution >= 4 is 28.9 Å². The zero-order valence-corrected chi connectivity index (χ0v) is 9.81. The second-order valence-corrected chi connectivity index (χ2v) is 3.20. The molecule has 0 spiro atoms. The van der Waals surface area contributed by atoms with Crippen molar-refractivity contribution in [3.63, 3.8) is 0 Å². The van der Waals surface area contributed by atoms with E-state index in [1.807, 2.05) is 13.8 Å². The van der Waals surface area contributed by atoms with Crippen LogP contribution in [0.15, 0.2) is 30.4 Å². The van der Waals surface area contributed by atoms with Crippen molar-refractivity contribution in [1.29, 1.82) is 0 Å². The Balaban J connectivity index is 0.000000686. The number of rotatable bonds is 1. The lowest BCUT2D eigenvalue weighted by Gasteiger charge is -2.14. The molecule has 1 aliphatic rings. The van der Waals surface area contributed by atoms with Crippen LogP contribution in [-0.4, -0.2) is 11.8 Å². The Bertz CT molecular complexity index is 442. The molecule has 0 bridgehead atoms. The molecule has 1 aliphatic heterocycles. The molecular formula is C12H15N3O2. The van der Waals surface area contributed by atoms with Crippen LogP contribution in [0.25, 0.3) is 0 Å². The average molecular weight is 233 g/mol. The summed E-state index contributed by atoms with van der Waals surface area (Å²) in [6.45, 7) is 4.00. The number of amides is 2. The fraction of sp³-hybridized carbons (Fsp3) is 0.167. The van der Waals surface area contributed by atoms with Gasteiger partial charge >= 0.3 is 0 Å². The summed E-state index contributed by atoms with van der Waals surface area (Å²) in [4.78, 5) is 23.7. The van der Waals surface area contributed by atoms with E-state index in [4.69, 9.17) is 11.5 Å². The molecule has 0 saturated heterocycles. The van der Waals surface area contributed by atoms with E-state index in [9.17, 15) is 9.59 Å². The molecule has 0 saturated carbocycles. The van der Waals surface area contributed by atoms with Crippen molar-refractivity contribution in [2.24, 2.45) is 0 Å². The SMILES string of the molecule is CC.Nc1cc(N)cc(N2C(=O)C=CC2=O)c1. The van der Waals surface area contributed by atoms with Gasteiger partial charge in [-0.3, -0.25) is 9.59 Å². The normalized spacial score (nSPS) is 13.6. The number of nitrogens with zero attached hydrogens (tertiary/aromatic N) is 1. The van der Waals surface area contributed by atoms with Gasteiger partial charge < -0.3 is 11.5 Å². The van der Waals surface area contributed by atoms with Gasteiger partial charge in [0, 0.05) is 23.5 Å². The molecule has 0 fully saturated rings. The van der Waals surface area contributed by atoms with E-state index >= 15 is 0 Å². The Morgan fingerprint density at radius 1 is 0.882 bits per heavy atom. The van der Waals surface area contributed by atoms with Crippen molar-refractivity contribution in [3.8, 4) is 0 Å². The van der Waals surface area contributed by atoms with Crippen LogP contribution in [0.4, 0.5) is 17.1 Å². The summed E-state index contributed by atoms with van der Waals surface area (Å²) in [7, 11) is 0. The van der Waals surface area contributed by atoms with Gasteiger partial charge in [0.1, 0.15) is 0 Å². The largest absolute Gasteiger partial charge is 0.399 e. The maximum atomic E-state index is 11.3. The van der Waals surface area contributed by atoms with E-state index in [1.54, 1.807) is 6.07 Å². The van der Waals surface area contributed by atoms with Gasteiger partial charge in [-0.25, -0.2) is 4.90 Å². The number of imide groups is 1. The average Bonchev–Trinajstić information content (AvgIpc) is 2.60. The molecule has 4 N–H and O–H groups in total. The maximum absolute atomic E-state index is 11.3. The number of nitrogen functional groups attached to an aromatic ring is 2. The molecule has 17 heavy (non-hydrogen) atoms. The first-order chi connectivity index (χ1) is 8.08. The lowest BCUT2D eigenvalue weighted by Crippen LogP contribution is -2.29. The fourth-order valence-electron chi connectivity index (χ4n) is 1.44. The highest BCUT2D eigenvalue weighted by atomic mass is 16.2. The minimum Gasteiger partial charge on any atom is -0.399 e. The third-order valence-electron chi connectivity index (χ3n) is 2.03. The lowest BCUT2D eigenvalue weighted by atomic mass is 10.2. The summed E-state index contributed by atoms with van der Waals surface area (Å²) in [5.74, 6) is -0.769. The van der Waals surface area contributed by atoms with Crippen LogP contribution in [0.3, 0.4) is 0 Å². The topological polar surface area (TPSA) is 89.4 Å². The summed E-state index contributed by atoms with van der Waals surface area (Å²) < 4.78 is 0. The Morgan fingerprint density at radius 3 is 1.71 bits per heavy atom. The second kappa shape index (κ2) is 5.16. The van der Waals surface area contributed by atoms with Crippen molar-refractivity contribution < 1.29 is 9.59 Å². The Kier molecular flexibility index (Phi) is 3.87. The molecular weight excluding hydrogens is 218 g/mol. The molecule has 0 radical (unpaired) electrons. The minimum atomic E-state index is -0.384. The number of hydrogen-bond acceptors (Lipinski definition) is 4. The molecule has 0 aromatic heterocycles. The molecule has 2 rings (SSSR count). The first kappa shape index (κ1) is 12.8. The molecule has 5 heteroatoms. The number of carbonyl (C=O) groups excluding carboxylic acids is 2. The first-order valence-corrected chi connectivity index (χ1v) is 5.30. The van der Waals surface area contributed by atoms with Crippen LogP contribution < -0.4 is 16.4 Å². The summed E-state index contributed by atoms with van der Waals surface area (Å²) in [5, 5.41) is 0. The van der Waals surface area contributed by atoms with Gasteiger partial charge in [-0.15, -0.1) is 0 Å². The number of nitrogens with two attached hydrogens (primary N) is 2. The Morgan fingerprint density at radius 2 is 1.29 bits per heavy atom. The van der Waals surface area contributed by atoms with Crippen LogP contribution in [0, 0.1) is 0 Å². The van der Waals surface area contributed by atoms with Gasteiger partial charge in [-0.2, -0.15) is 0 Å². The standard InChI is InChI=1S/C10H9N3O2.C2H6/c11-6-3-7(12)5-8(4-6)13-9(14)1-2-10(13)15;1-2/h1-5H,11-12H2;1-2H3. The smallest absolute Gasteiger partial charge is 0.258 e. The first-order valence-electron chi connectivity index (χ1n) is 5.30. The molecule has 2 amide bonds. The van der Waals surface area contributed by atoms with E-state index in [1.165, 1.54) is 24.3 Å².